The largest absolute Gasteiger partial charge is 0.384 e. The summed E-state index contributed by atoms with van der Waals surface area (Å²) in [5, 5.41) is 9.91. The topological polar surface area (TPSA) is 86.9 Å². The molecule has 6 aromatic rings. The van der Waals surface area contributed by atoms with Crippen LogP contribution < -0.4 is 5.73 Å². The highest BCUT2D eigenvalue weighted by Crippen LogP contribution is 2.33. The Morgan fingerprint density at radius 1 is 0.824 bits per heavy atom. The summed E-state index contributed by atoms with van der Waals surface area (Å²) in [4.78, 5) is 9.02. The van der Waals surface area contributed by atoms with Gasteiger partial charge in [0.25, 0.3) is 0 Å². The van der Waals surface area contributed by atoms with Crippen molar-refractivity contribution in [1.29, 1.82) is 0 Å². The van der Waals surface area contributed by atoms with Crippen LogP contribution in [-0.2, 0) is 5.41 Å². The second-order valence-electron chi connectivity index (χ2n) is 9.71. The molecule has 4 heterocycles. The van der Waals surface area contributed by atoms with E-state index in [1.54, 1.807) is 6.20 Å². The summed E-state index contributed by atoms with van der Waals surface area (Å²) in [5.74, 6) is 2.10. The maximum atomic E-state index is 5.80. The molecule has 168 valence electrons. The van der Waals surface area contributed by atoms with Gasteiger partial charge in [0.2, 0.25) is 5.78 Å². The Kier molecular flexibility index (Phi) is 4.26. The van der Waals surface area contributed by atoms with E-state index in [9.17, 15) is 0 Å². The number of aryl methyl sites for hydroxylation is 1. The number of aromatic nitrogens is 6. The van der Waals surface area contributed by atoms with Crippen molar-refractivity contribution in [3.05, 3.63) is 78.4 Å². The Balaban J connectivity index is 1.68. The second-order valence-corrected chi connectivity index (χ2v) is 9.71. The van der Waals surface area contributed by atoms with E-state index in [1.165, 1.54) is 5.56 Å². The van der Waals surface area contributed by atoms with Gasteiger partial charge < -0.3 is 5.73 Å². The number of hydrogen-bond donors (Lipinski definition) is 1. The number of imidazole rings is 1. The van der Waals surface area contributed by atoms with E-state index in [4.69, 9.17) is 10.7 Å². The van der Waals surface area contributed by atoms with Crippen molar-refractivity contribution in [1.82, 2.24) is 29.1 Å². The molecule has 0 fully saturated rings. The lowest BCUT2D eigenvalue weighted by Crippen LogP contribution is -2.10. The summed E-state index contributed by atoms with van der Waals surface area (Å²) in [6.45, 7) is 8.63. The van der Waals surface area contributed by atoms with E-state index in [1.807, 2.05) is 31.3 Å². The monoisotopic (exact) mass is 447 g/mol. The molecule has 34 heavy (non-hydrogen) atoms. The van der Waals surface area contributed by atoms with Crippen LogP contribution in [0.15, 0.2) is 67.0 Å². The molecule has 0 aliphatic rings. The van der Waals surface area contributed by atoms with Crippen LogP contribution in [0.5, 0.6) is 0 Å². The third kappa shape index (κ3) is 3.04. The molecule has 0 amide bonds. The first kappa shape index (κ1) is 20.4. The first-order chi connectivity index (χ1) is 16.3. The van der Waals surface area contributed by atoms with Gasteiger partial charge >= 0.3 is 0 Å². The first-order valence-electron chi connectivity index (χ1n) is 11.3. The Morgan fingerprint density at radius 3 is 2.29 bits per heavy atom. The highest BCUT2D eigenvalue weighted by Gasteiger charge is 2.20. The van der Waals surface area contributed by atoms with Crippen LogP contribution in [0.1, 0.15) is 32.2 Å². The van der Waals surface area contributed by atoms with E-state index in [0.717, 1.165) is 50.4 Å². The summed E-state index contributed by atoms with van der Waals surface area (Å²) in [7, 11) is 0. The quantitative estimate of drug-likeness (QED) is 0.380. The van der Waals surface area contributed by atoms with Crippen LogP contribution in [-0.4, -0.2) is 29.1 Å². The molecule has 0 atom stereocenters. The standard InChI is InChI=1S/C27H25N7/c1-16-31-32-26-33(16)23-15-29-22-11-5-17(18-6-12-24(28)30-14-18)13-21(22)25(23)34(26)20-9-7-19(8-10-20)27(2,3)4/h5-15H,1-4H3,(H2,28,30). The zero-order valence-corrected chi connectivity index (χ0v) is 19.6. The molecule has 0 aliphatic carbocycles. The van der Waals surface area contributed by atoms with E-state index < -0.39 is 0 Å². The number of nitrogen functional groups attached to an aromatic ring is 1. The lowest BCUT2D eigenvalue weighted by atomic mass is 9.87. The minimum Gasteiger partial charge on any atom is -0.384 e. The predicted octanol–water partition coefficient (Wildman–Crippen LogP) is 5.47. The Morgan fingerprint density at radius 2 is 1.59 bits per heavy atom. The van der Waals surface area contributed by atoms with Crippen molar-refractivity contribution in [3.8, 4) is 16.8 Å². The van der Waals surface area contributed by atoms with Crippen LogP contribution in [0.25, 0.3) is 44.5 Å². The molecule has 0 bridgehead atoms. The minimum absolute atomic E-state index is 0.0800. The zero-order valence-electron chi connectivity index (χ0n) is 19.6. The smallest absolute Gasteiger partial charge is 0.241 e. The molecule has 0 spiro atoms. The van der Waals surface area contributed by atoms with Gasteiger partial charge in [-0.25, -0.2) is 4.98 Å². The fraction of sp³-hybridized carbons (Fsp3) is 0.185. The van der Waals surface area contributed by atoms with Gasteiger partial charge in [0, 0.05) is 22.8 Å². The Labute approximate surface area is 196 Å². The molecule has 0 saturated heterocycles. The lowest BCUT2D eigenvalue weighted by molar-refractivity contribution is 0.590. The van der Waals surface area contributed by atoms with Crippen molar-refractivity contribution in [3.63, 3.8) is 0 Å². The lowest BCUT2D eigenvalue weighted by Gasteiger charge is -2.19. The minimum atomic E-state index is 0.0800. The second kappa shape index (κ2) is 7.12. The van der Waals surface area contributed by atoms with Gasteiger partial charge in [-0.2, -0.15) is 0 Å². The molecule has 6 rings (SSSR count). The number of nitrogens with zero attached hydrogens (tertiary/aromatic N) is 6. The average molecular weight is 448 g/mol. The molecule has 0 unspecified atom stereocenters. The molecule has 4 aromatic heterocycles. The fourth-order valence-corrected chi connectivity index (χ4v) is 4.56. The summed E-state index contributed by atoms with van der Waals surface area (Å²) in [5.41, 5.74) is 13.2. The van der Waals surface area contributed by atoms with E-state index in [-0.39, 0.29) is 5.41 Å². The summed E-state index contributed by atoms with van der Waals surface area (Å²) >= 11 is 0. The van der Waals surface area contributed by atoms with Crippen LogP contribution in [0.4, 0.5) is 5.82 Å². The number of nitrogens with two attached hydrogens (primary N) is 1. The molecule has 7 heteroatoms. The Hall–Kier alpha value is -4.26. The van der Waals surface area contributed by atoms with Crippen molar-refractivity contribution in [2.75, 3.05) is 5.73 Å². The van der Waals surface area contributed by atoms with Gasteiger partial charge in [-0.1, -0.05) is 39.0 Å². The summed E-state index contributed by atoms with van der Waals surface area (Å²) < 4.78 is 4.24. The molecule has 2 aromatic carbocycles. The highest BCUT2D eigenvalue weighted by molar-refractivity contribution is 6.06. The van der Waals surface area contributed by atoms with Crippen LogP contribution in [0, 0.1) is 6.92 Å². The van der Waals surface area contributed by atoms with Crippen LogP contribution in [0.2, 0.25) is 0 Å². The van der Waals surface area contributed by atoms with Crippen molar-refractivity contribution >= 4 is 33.5 Å². The molecule has 0 radical (unpaired) electrons. The number of rotatable bonds is 2. The number of anilines is 1. The predicted molar refractivity (Wildman–Crippen MR) is 136 cm³/mol. The van der Waals surface area contributed by atoms with Gasteiger partial charge in [-0.15, -0.1) is 10.2 Å². The van der Waals surface area contributed by atoms with Crippen LogP contribution in [0.3, 0.4) is 0 Å². The molecule has 2 N–H and O–H groups in total. The number of pyridine rings is 2. The Bertz CT molecular complexity index is 1680. The van der Waals surface area contributed by atoms with Gasteiger partial charge in [-0.3, -0.25) is 14.0 Å². The molecule has 0 aliphatic heterocycles. The summed E-state index contributed by atoms with van der Waals surface area (Å²) in [6, 6.07) is 18.8. The zero-order chi connectivity index (χ0) is 23.6. The molecule has 0 saturated carbocycles. The van der Waals surface area contributed by atoms with E-state index in [0.29, 0.717) is 5.82 Å². The van der Waals surface area contributed by atoms with Crippen molar-refractivity contribution < 1.29 is 0 Å². The van der Waals surface area contributed by atoms with Crippen molar-refractivity contribution in [2.45, 2.75) is 33.1 Å². The van der Waals surface area contributed by atoms with Gasteiger partial charge in [-0.05, 0) is 59.9 Å². The number of benzene rings is 2. The maximum absolute atomic E-state index is 5.80. The molecule has 7 nitrogen and oxygen atoms in total. The SMILES string of the molecule is Cc1nnc2n(-c3ccc(C(C)(C)C)cc3)c3c4cc(-c5ccc(N)nc5)ccc4ncc3n12. The van der Waals surface area contributed by atoms with Gasteiger partial charge in [0.1, 0.15) is 11.6 Å². The van der Waals surface area contributed by atoms with E-state index >= 15 is 0 Å². The molecular formula is C27H25N7. The van der Waals surface area contributed by atoms with Crippen LogP contribution >= 0.6 is 0 Å². The third-order valence-corrected chi connectivity index (χ3v) is 6.40. The van der Waals surface area contributed by atoms with Gasteiger partial charge in [0.05, 0.1) is 22.7 Å². The average Bonchev–Trinajstić information content (AvgIpc) is 3.36. The molecular weight excluding hydrogens is 422 g/mol. The van der Waals surface area contributed by atoms with Gasteiger partial charge in [0.15, 0.2) is 0 Å². The number of hydrogen-bond acceptors (Lipinski definition) is 5. The summed E-state index contributed by atoms with van der Waals surface area (Å²) in [6.07, 6.45) is 3.71. The van der Waals surface area contributed by atoms with E-state index in [2.05, 4.69) is 81.3 Å². The highest BCUT2D eigenvalue weighted by atomic mass is 15.3. The fourth-order valence-electron chi connectivity index (χ4n) is 4.56. The third-order valence-electron chi connectivity index (χ3n) is 6.40. The normalized spacial score (nSPS) is 12.2. The van der Waals surface area contributed by atoms with Crippen molar-refractivity contribution in [2.24, 2.45) is 0 Å². The number of fused-ring (bicyclic) bond motifs is 5. The first-order valence-corrected chi connectivity index (χ1v) is 11.3. The maximum Gasteiger partial charge on any atom is 0.241 e.